The lowest BCUT2D eigenvalue weighted by Gasteiger charge is -2.41. The van der Waals surface area contributed by atoms with Crippen LogP contribution in [0, 0.1) is 0 Å². The van der Waals surface area contributed by atoms with Crippen molar-refractivity contribution in [2.45, 2.75) is 35.6 Å². The highest BCUT2D eigenvalue weighted by molar-refractivity contribution is 7.89. The molecule has 1 atom stereocenters. The maximum atomic E-state index is 13.8. The fourth-order valence-electron chi connectivity index (χ4n) is 4.69. The van der Waals surface area contributed by atoms with Crippen LogP contribution < -0.4 is 5.32 Å². The lowest BCUT2D eigenvalue weighted by Crippen LogP contribution is -2.56. The first kappa shape index (κ1) is 27.1. The van der Waals surface area contributed by atoms with Crippen molar-refractivity contribution in [3.05, 3.63) is 100 Å². The second-order valence-electron chi connectivity index (χ2n) is 9.01. The SMILES string of the molecule is O=C(O)C(Cc1ccccc1)NC(=O)C1(c2ccccc2)CCN(S(=O)(=O)c2cc(Cl)cc(Cl)c2)CC1. The largest absolute Gasteiger partial charge is 0.480 e. The molecule has 37 heavy (non-hydrogen) atoms. The van der Waals surface area contributed by atoms with Crippen LogP contribution in [-0.2, 0) is 31.4 Å². The second kappa shape index (κ2) is 11.2. The van der Waals surface area contributed by atoms with E-state index in [9.17, 15) is 23.1 Å². The third kappa shape index (κ3) is 5.99. The quantitative estimate of drug-likeness (QED) is 0.421. The first-order valence-corrected chi connectivity index (χ1v) is 13.9. The highest BCUT2D eigenvalue weighted by Gasteiger charge is 2.46. The zero-order valence-corrected chi connectivity index (χ0v) is 22.1. The van der Waals surface area contributed by atoms with Gasteiger partial charge in [-0.05, 0) is 42.2 Å². The molecule has 194 valence electrons. The van der Waals surface area contributed by atoms with E-state index in [0.717, 1.165) is 5.56 Å². The zero-order valence-electron chi connectivity index (χ0n) is 19.8. The first-order valence-electron chi connectivity index (χ1n) is 11.7. The number of hydrogen-bond acceptors (Lipinski definition) is 4. The van der Waals surface area contributed by atoms with Gasteiger partial charge in [-0.2, -0.15) is 4.31 Å². The van der Waals surface area contributed by atoms with Crippen LogP contribution in [0.15, 0.2) is 83.8 Å². The summed E-state index contributed by atoms with van der Waals surface area (Å²) in [7, 11) is -3.90. The minimum atomic E-state index is -3.90. The maximum Gasteiger partial charge on any atom is 0.326 e. The molecule has 1 heterocycles. The molecule has 0 aromatic heterocycles. The Morgan fingerprint density at radius 3 is 2.00 bits per heavy atom. The molecular formula is C27H26Cl2N2O5S. The number of carboxylic acids is 1. The predicted octanol–water partition coefficient (Wildman–Crippen LogP) is 4.53. The van der Waals surface area contributed by atoms with Gasteiger partial charge in [0.15, 0.2) is 0 Å². The Balaban J connectivity index is 1.60. The van der Waals surface area contributed by atoms with Crippen molar-refractivity contribution in [3.8, 4) is 0 Å². The fraction of sp³-hybridized carbons (Fsp3) is 0.259. The van der Waals surface area contributed by atoms with Gasteiger partial charge >= 0.3 is 5.97 Å². The molecule has 1 unspecified atom stereocenters. The van der Waals surface area contributed by atoms with Crippen LogP contribution in [0.2, 0.25) is 10.0 Å². The standard InChI is InChI=1S/C27H26Cl2N2O5S/c28-21-16-22(29)18-23(17-21)37(35,36)31-13-11-27(12-14-31,20-9-5-2-6-10-20)26(34)30-24(25(32)33)15-19-7-3-1-4-8-19/h1-10,16-18,24H,11-15H2,(H,30,34)(H,32,33). The van der Waals surface area contributed by atoms with Gasteiger partial charge in [0.1, 0.15) is 6.04 Å². The number of halogens is 2. The molecule has 3 aromatic rings. The van der Waals surface area contributed by atoms with E-state index in [1.807, 2.05) is 36.4 Å². The molecule has 1 aliphatic heterocycles. The van der Waals surface area contributed by atoms with E-state index in [2.05, 4.69) is 5.32 Å². The van der Waals surface area contributed by atoms with Crippen molar-refractivity contribution >= 4 is 45.1 Å². The number of carbonyl (C=O) groups excluding carboxylic acids is 1. The Bertz CT molecular complexity index is 1360. The van der Waals surface area contributed by atoms with E-state index in [0.29, 0.717) is 5.56 Å². The smallest absolute Gasteiger partial charge is 0.326 e. The number of amides is 1. The molecule has 3 aromatic carbocycles. The fourth-order valence-corrected chi connectivity index (χ4v) is 6.85. The van der Waals surface area contributed by atoms with E-state index in [1.54, 1.807) is 24.3 Å². The van der Waals surface area contributed by atoms with Gasteiger partial charge in [-0.3, -0.25) is 4.79 Å². The molecule has 4 rings (SSSR count). The third-order valence-corrected chi connectivity index (χ3v) is 9.01. The number of rotatable bonds is 8. The summed E-state index contributed by atoms with van der Waals surface area (Å²) in [4.78, 5) is 25.8. The molecule has 0 spiro atoms. The molecule has 0 radical (unpaired) electrons. The number of carboxylic acid groups (broad SMARTS) is 1. The van der Waals surface area contributed by atoms with Crippen molar-refractivity contribution in [3.63, 3.8) is 0 Å². The van der Waals surface area contributed by atoms with Gasteiger partial charge in [0.2, 0.25) is 15.9 Å². The van der Waals surface area contributed by atoms with Gasteiger partial charge < -0.3 is 10.4 Å². The summed E-state index contributed by atoms with van der Waals surface area (Å²) in [6, 6.07) is 21.1. The summed E-state index contributed by atoms with van der Waals surface area (Å²) in [6.07, 6.45) is 0.477. The van der Waals surface area contributed by atoms with Crippen molar-refractivity contribution in [2.24, 2.45) is 0 Å². The van der Waals surface area contributed by atoms with E-state index in [-0.39, 0.29) is 47.3 Å². The van der Waals surface area contributed by atoms with Crippen LogP contribution in [-0.4, -0.2) is 48.8 Å². The number of carbonyl (C=O) groups is 2. The molecule has 0 aliphatic carbocycles. The average Bonchev–Trinajstić information content (AvgIpc) is 2.88. The number of benzene rings is 3. The molecule has 10 heteroatoms. The van der Waals surface area contributed by atoms with Crippen LogP contribution in [0.1, 0.15) is 24.0 Å². The first-order chi connectivity index (χ1) is 17.6. The van der Waals surface area contributed by atoms with Crippen molar-refractivity contribution in [1.29, 1.82) is 0 Å². The van der Waals surface area contributed by atoms with Gasteiger partial charge in [0.25, 0.3) is 0 Å². The molecule has 1 aliphatic rings. The maximum absolute atomic E-state index is 13.8. The number of hydrogen-bond donors (Lipinski definition) is 2. The summed E-state index contributed by atoms with van der Waals surface area (Å²) >= 11 is 12.1. The highest BCUT2D eigenvalue weighted by Crippen LogP contribution is 2.38. The third-order valence-electron chi connectivity index (χ3n) is 6.70. The van der Waals surface area contributed by atoms with Crippen LogP contribution in [0.4, 0.5) is 0 Å². The van der Waals surface area contributed by atoms with Gasteiger partial charge in [-0.1, -0.05) is 83.9 Å². The topological polar surface area (TPSA) is 104 Å². The van der Waals surface area contributed by atoms with Crippen molar-refractivity contribution in [1.82, 2.24) is 9.62 Å². The van der Waals surface area contributed by atoms with Gasteiger partial charge in [0.05, 0.1) is 10.3 Å². The van der Waals surface area contributed by atoms with E-state index in [4.69, 9.17) is 23.2 Å². The van der Waals surface area contributed by atoms with Crippen LogP contribution >= 0.6 is 23.2 Å². The molecule has 7 nitrogen and oxygen atoms in total. The van der Waals surface area contributed by atoms with Gasteiger partial charge in [-0.15, -0.1) is 0 Å². The van der Waals surface area contributed by atoms with Crippen molar-refractivity contribution < 1.29 is 23.1 Å². The van der Waals surface area contributed by atoms with Crippen LogP contribution in [0.3, 0.4) is 0 Å². The highest BCUT2D eigenvalue weighted by atomic mass is 35.5. The van der Waals surface area contributed by atoms with Crippen molar-refractivity contribution in [2.75, 3.05) is 13.1 Å². The monoisotopic (exact) mass is 560 g/mol. The number of nitrogens with zero attached hydrogens (tertiary/aromatic N) is 1. The van der Waals surface area contributed by atoms with Crippen LogP contribution in [0.5, 0.6) is 0 Å². The lowest BCUT2D eigenvalue weighted by molar-refractivity contribution is -0.143. The van der Waals surface area contributed by atoms with Crippen LogP contribution in [0.25, 0.3) is 0 Å². The summed E-state index contributed by atoms with van der Waals surface area (Å²) in [5, 5.41) is 13.0. The number of nitrogens with one attached hydrogen (secondary N) is 1. The predicted molar refractivity (Wildman–Crippen MR) is 142 cm³/mol. The minimum Gasteiger partial charge on any atom is -0.480 e. The molecule has 1 fully saturated rings. The Labute approximate surface area is 226 Å². The molecule has 2 N–H and O–H groups in total. The summed E-state index contributed by atoms with van der Waals surface area (Å²) < 4.78 is 27.9. The Hall–Kier alpha value is -2.91. The summed E-state index contributed by atoms with van der Waals surface area (Å²) in [5.41, 5.74) is 0.396. The van der Waals surface area contributed by atoms with Gasteiger partial charge in [-0.25, -0.2) is 13.2 Å². The minimum absolute atomic E-state index is 0.0181. The second-order valence-corrected chi connectivity index (χ2v) is 11.8. The Morgan fingerprint density at radius 2 is 1.46 bits per heavy atom. The summed E-state index contributed by atoms with van der Waals surface area (Å²) in [6.45, 7) is 0.121. The Morgan fingerprint density at radius 1 is 0.919 bits per heavy atom. The van der Waals surface area contributed by atoms with E-state index >= 15 is 0 Å². The van der Waals surface area contributed by atoms with E-state index < -0.39 is 33.4 Å². The molecule has 0 bridgehead atoms. The Kier molecular flexibility index (Phi) is 8.23. The molecule has 1 amide bonds. The lowest BCUT2D eigenvalue weighted by atomic mass is 9.72. The zero-order chi connectivity index (χ0) is 26.6. The van der Waals surface area contributed by atoms with Gasteiger partial charge in [0, 0.05) is 29.6 Å². The normalized spacial score (nSPS) is 16.6. The molecular weight excluding hydrogens is 535 g/mol. The molecule has 1 saturated heterocycles. The number of sulfonamides is 1. The summed E-state index contributed by atoms with van der Waals surface area (Å²) in [5.74, 6) is -1.58. The number of piperidine rings is 1. The molecule has 0 saturated carbocycles. The number of aliphatic carboxylic acids is 1. The average molecular weight is 561 g/mol. The van der Waals surface area contributed by atoms with E-state index in [1.165, 1.54) is 22.5 Å².